The molecule has 0 aliphatic carbocycles. The molecular formula is C26H25N3O2S. The normalized spacial score (nSPS) is 14.1. The highest BCUT2D eigenvalue weighted by Gasteiger charge is 2.23. The van der Waals surface area contributed by atoms with Crippen LogP contribution in [0.25, 0.3) is 16.5 Å². The number of aryl methyl sites for hydroxylation is 2. The molecule has 1 aliphatic rings. The second-order valence-corrected chi connectivity index (χ2v) is 9.08. The van der Waals surface area contributed by atoms with Crippen molar-refractivity contribution in [1.82, 2.24) is 15.0 Å². The van der Waals surface area contributed by atoms with Crippen LogP contribution in [-0.4, -0.2) is 34.0 Å². The number of benzene rings is 2. The van der Waals surface area contributed by atoms with Gasteiger partial charge in [0.25, 0.3) is 5.91 Å². The van der Waals surface area contributed by atoms with Crippen LogP contribution in [0.5, 0.6) is 0 Å². The summed E-state index contributed by atoms with van der Waals surface area (Å²) >= 11 is 1.66. The van der Waals surface area contributed by atoms with Gasteiger partial charge in [-0.05, 0) is 44.0 Å². The number of carbonyl (C=O) groups is 1. The second-order valence-electron chi connectivity index (χ2n) is 8.07. The molecular weight excluding hydrogens is 418 g/mol. The molecule has 0 unspecified atom stereocenters. The summed E-state index contributed by atoms with van der Waals surface area (Å²) in [6, 6.07) is 16.2. The van der Waals surface area contributed by atoms with Gasteiger partial charge in [0.15, 0.2) is 0 Å². The first kappa shape index (κ1) is 20.6. The molecule has 1 aliphatic heterocycles. The monoisotopic (exact) mass is 443 g/mol. The number of hydrogen-bond acceptors (Lipinski definition) is 4. The summed E-state index contributed by atoms with van der Waals surface area (Å²) in [7, 11) is 0. The maximum atomic E-state index is 13.4. The Morgan fingerprint density at radius 2 is 1.97 bits per heavy atom. The fraction of sp³-hybridized carbons (Fsp3) is 0.231. The Balaban J connectivity index is 1.32. The topological polar surface area (TPSA) is 62.1 Å². The molecule has 0 atom stereocenters. The summed E-state index contributed by atoms with van der Waals surface area (Å²) in [5.41, 5.74) is 6.45. The van der Waals surface area contributed by atoms with Crippen molar-refractivity contribution < 1.29 is 9.32 Å². The van der Waals surface area contributed by atoms with E-state index in [4.69, 9.17) is 4.52 Å². The number of aromatic amines is 1. The van der Waals surface area contributed by atoms with Gasteiger partial charge in [-0.15, -0.1) is 11.8 Å². The van der Waals surface area contributed by atoms with Gasteiger partial charge in [-0.1, -0.05) is 41.6 Å². The molecule has 0 saturated carbocycles. The summed E-state index contributed by atoms with van der Waals surface area (Å²) in [4.78, 5) is 19.6. The number of fused-ring (bicyclic) bond motifs is 1. The first-order valence-corrected chi connectivity index (χ1v) is 11.8. The molecule has 3 heterocycles. The third-order valence-corrected chi connectivity index (χ3v) is 7.20. The maximum absolute atomic E-state index is 13.4. The third kappa shape index (κ3) is 3.86. The first-order valence-electron chi connectivity index (χ1n) is 10.8. The van der Waals surface area contributed by atoms with E-state index in [0.29, 0.717) is 13.1 Å². The minimum atomic E-state index is 0.0843. The number of nitrogens with zero attached hydrogens (tertiary/aromatic N) is 2. The van der Waals surface area contributed by atoms with Crippen molar-refractivity contribution in [3.05, 3.63) is 88.9 Å². The minimum Gasteiger partial charge on any atom is -0.361 e. The zero-order valence-electron chi connectivity index (χ0n) is 18.2. The van der Waals surface area contributed by atoms with Crippen molar-refractivity contribution in [2.45, 2.75) is 30.9 Å². The number of aromatic nitrogens is 2. The molecule has 4 aromatic rings. The van der Waals surface area contributed by atoms with E-state index >= 15 is 0 Å². The maximum Gasteiger partial charge on any atom is 0.255 e. The van der Waals surface area contributed by atoms with Gasteiger partial charge < -0.3 is 14.4 Å². The molecule has 2 aromatic carbocycles. The molecule has 0 fully saturated rings. The smallest absolute Gasteiger partial charge is 0.255 e. The van der Waals surface area contributed by atoms with Crippen molar-refractivity contribution in [2.75, 3.05) is 13.1 Å². The quantitative estimate of drug-likeness (QED) is 0.385. The molecule has 5 nitrogen and oxygen atoms in total. The molecule has 162 valence electrons. The number of hydrogen-bond donors (Lipinski definition) is 1. The van der Waals surface area contributed by atoms with E-state index < -0.39 is 0 Å². The van der Waals surface area contributed by atoms with Crippen LogP contribution in [-0.2, 0) is 5.75 Å². The highest BCUT2D eigenvalue weighted by Crippen LogP contribution is 2.32. The Morgan fingerprint density at radius 3 is 2.75 bits per heavy atom. The van der Waals surface area contributed by atoms with Crippen LogP contribution < -0.4 is 0 Å². The summed E-state index contributed by atoms with van der Waals surface area (Å²) in [6.45, 7) is 5.22. The SMILES string of the molecule is Cc1noc(C)c1CSc1ccccc1C(=O)N1CC=C(c2c[nH]c3ccccc23)CC1. The summed E-state index contributed by atoms with van der Waals surface area (Å²) < 4.78 is 5.28. The minimum absolute atomic E-state index is 0.0843. The van der Waals surface area contributed by atoms with Crippen molar-refractivity contribution in [3.63, 3.8) is 0 Å². The summed E-state index contributed by atoms with van der Waals surface area (Å²) in [5.74, 6) is 1.65. The number of nitrogens with one attached hydrogen (secondary N) is 1. The van der Waals surface area contributed by atoms with Crippen LogP contribution in [0.3, 0.4) is 0 Å². The van der Waals surface area contributed by atoms with Crippen molar-refractivity contribution in [1.29, 1.82) is 0 Å². The van der Waals surface area contributed by atoms with Crippen molar-refractivity contribution in [2.24, 2.45) is 0 Å². The van der Waals surface area contributed by atoms with E-state index in [9.17, 15) is 4.79 Å². The highest BCUT2D eigenvalue weighted by atomic mass is 32.2. The fourth-order valence-corrected chi connectivity index (χ4v) is 5.43. The Morgan fingerprint density at radius 1 is 1.16 bits per heavy atom. The van der Waals surface area contributed by atoms with Gasteiger partial charge in [-0.25, -0.2) is 0 Å². The van der Waals surface area contributed by atoms with Crippen LogP contribution in [0.2, 0.25) is 0 Å². The Bertz CT molecular complexity index is 1300. The predicted octanol–water partition coefficient (Wildman–Crippen LogP) is 5.99. The van der Waals surface area contributed by atoms with Crippen LogP contribution >= 0.6 is 11.8 Å². The van der Waals surface area contributed by atoms with Crippen LogP contribution in [0.4, 0.5) is 0 Å². The molecule has 0 radical (unpaired) electrons. The Kier molecular flexibility index (Phi) is 5.62. The lowest BCUT2D eigenvalue weighted by Crippen LogP contribution is -2.34. The molecule has 2 aromatic heterocycles. The number of amides is 1. The lowest BCUT2D eigenvalue weighted by atomic mass is 9.98. The number of H-pyrrole nitrogens is 1. The second kappa shape index (κ2) is 8.71. The van der Waals surface area contributed by atoms with Gasteiger partial charge in [0.1, 0.15) is 5.76 Å². The molecule has 5 rings (SSSR count). The standard InChI is InChI=1S/C26H25N3O2S/c1-17-23(18(2)31-28-17)16-32-25-10-6-4-8-21(25)26(30)29-13-11-19(12-14-29)22-15-27-24-9-5-3-7-20(22)24/h3-11,15,27H,12-14,16H2,1-2H3. The zero-order chi connectivity index (χ0) is 22.1. The van der Waals surface area contributed by atoms with E-state index in [-0.39, 0.29) is 5.91 Å². The lowest BCUT2D eigenvalue weighted by Gasteiger charge is -2.27. The first-order chi connectivity index (χ1) is 15.6. The number of thioether (sulfide) groups is 1. The van der Waals surface area contributed by atoms with Gasteiger partial charge in [-0.3, -0.25) is 4.79 Å². The Hall–Kier alpha value is -3.25. The lowest BCUT2D eigenvalue weighted by molar-refractivity contribution is 0.0769. The Labute approximate surface area is 191 Å². The molecule has 0 saturated heterocycles. The van der Waals surface area contributed by atoms with E-state index in [0.717, 1.165) is 45.2 Å². The van der Waals surface area contributed by atoms with E-state index in [1.807, 2.05) is 49.1 Å². The molecule has 0 spiro atoms. The third-order valence-electron chi connectivity index (χ3n) is 6.10. The fourth-order valence-electron chi connectivity index (χ4n) is 4.23. The van der Waals surface area contributed by atoms with Gasteiger partial charge >= 0.3 is 0 Å². The molecule has 32 heavy (non-hydrogen) atoms. The average Bonchev–Trinajstić information content (AvgIpc) is 3.40. The zero-order valence-corrected chi connectivity index (χ0v) is 19.0. The van der Waals surface area contributed by atoms with Crippen molar-refractivity contribution in [3.8, 4) is 0 Å². The highest BCUT2D eigenvalue weighted by molar-refractivity contribution is 7.98. The van der Waals surface area contributed by atoms with E-state index in [1.165, 1.54) is 16.5 Å². The average molecular weight is 444 g/mol. The van der Waals surface area contributed by atoms with Crippen LogP contribution in [0, 0.1) is 13.8 Å². The van der Waals surface area contributed by atoms with Crippen LogP contribution in [0.15, 0.2) is 70.2 Å². The largest absolute Gasteiger partial charge is 0.361 e. The van der Waals surface area contributed by atoms with E-state index in [2.05, 4.69) is 40.6 Å². The summed E-state index contributed by atoms with van der Waals surface area (Å²) in [5, 5.41) is 5.27. The van der Waals surface area contributed by atoms with Gasteiger partial charge in [0.05, 0.1) is 11.3 Å². The molecule has 1 N–H and O–H groups in total. The molecule has 0 bridgehead atoms. The van der Waals surface area contributed by atoms with Gasteiger partial charge in [0, 0.05) is 52.0 Å². The summed E-state index contributed by atoms with van der Waals surface area (Å²) in [6.07, 6.45) is 5.12. The van der Waals surface area contributed by atoms with Gasteiger partial charge in [-0.2, -0.15) is 0 Å². The van der Waals surface area contributed by atoms with E-state index in [1.54, 1.807) is 11.8 Å². The predicted molar refractivity (Wildman–Crippen MR) is 129 cm³/mol. The molecule has 1 amide bonds. The van der Waals surface area contributed by atoms with Crippen molar-refractivity contribution >= 4 is 34.1 Å². The van der Waals surface area contributed by atoms with Gasteiger partial charge in [0.2, 0.25) is 0 Å². The van der Waals surface area contributed by atoms with Crippen LogP contribution in [0.1, 0.15) is 39.4 Å². The number of para-hydroxylation sites is 1. The number of rotatable bonds is 5. The number of carbonyl (C=O) groups excluding carboxylic acids is 1. The molecule has 6 heteroatoms.